The van der Waals surface area contributed by atoms with E-state index >= 15 is 0 Å². The number of anilines is 3. The van der Waals surface area contributed by atoms with Crippen molar-refractivity contribution in [3.8, 4) is 39.1 Å². The van der Waals surface area contributed by atoms with E-state index in [4.69, 9.17) is 4.42 Å². The summed E-state index contributed by atoms with van der Waals surface area (Å²) in [5.41, 5.74) is 14.9. The van der Waals surface area contributed by atoms with Crippen molar-refractivity contribution in [2.24, 2.45) is 0 Å². The van der Waals surface area contributed by atoms with Gasteiger partial charge in [-0.25, -0.2) is 0 Å². The molecule has 0 fully saturated rings. The molecule has 4 heteroatoms. The number of nitrogens with zero attached hydrogens (tertiary/aromatic N) is 2. The molecule has 3 nitrogen and oxygen atoms in total. The molecule has 0 unspecified atom stereocenters. The van der Waals surface area contributed by atoms with Gasteiger partial charge in [0.25, 0.3) is 0 Å². The average molecular weight is 885 g/mol. The van der Waals surface area contributed by atoms with Gasteiger partial charge in [0.2, 0.25) is 0 Å². The van der Waals surface area contributed by atoms with Gasteiger partial charge in [0.05, 0.1) is 33.7 Å². The Morgan fingerprint density at radius 2 is 0.985 bits per heavy atom. The topological polar surface area (TPSA) is 21.3 Å². The highest BCUT2D eigenvalue weighted by molar-refractivity contribution is 7.25. The van der Waals surface area contributed by atoms with Crippen LogP contribution in [0.1, 0.15) is 0 Å². The molecule has 3 heterocycles. The molecule has 14 aromatic rings. The third-order valence-corrected chi connectivity index (χ3v) is 14.9. The number of para-hydroxylation sites is 5. The molecule has 68 heavy (non-hydrogen) atoms. The first-order chi connectivity index (χ1) is 33.7. The Morgan fingerprint density at radius 1 is 0.368 bits per heavy atom. The van der Waals surface area contributed by atoms with Crippen LogP contribution in [0.15, 0.2) is 247 Å². The van der Waals surface area contributed by atoms with Gasteiger partial charge in [0.1, 0.15) is 11.2 Å². The molecule has 11 aromatic carbocycles. The molecule has 0 atom stereocenters. The molecule has 0 aliphatic rings. The number of fused-ring (bicyclic) bond motifs is 10. The highest BCUT2D eigenvalue weighted by atomic mass is 32.1. The second kappa shape index (κ2) is 15.5. The van der Waals surface area contributed by atoms with E-state index in [0.29, 0.717) is 0 Å². The number of furan rings is 1. The van der Waals surface area contributed by atoms with Crippen molar-refractivity contribution < 1.29 is 4.42 Å². The van der Waals surface area contributed by atoms with E-state index in [9.17, 15) is 0 Å². The summed E-state index contributed by atoms with van der Waals surface area (Å²) in [4.78, 5) is 2.48. The lowest BCUT2D eigenvalue weighted by Crippen LogP contribution is -2.13. The number of hydrogen-bond acceptors (Lipinski definition) is 3. The number of hydrogen-bond donors (Lipinski definition) is 0. The maximum atomic E-state index is 7.15. The van der Waals surface area contributed by atoms with Crippen LogP contribution < -0.4 is 4.90 Å². The molecule has 0 aliphatic heterocycles. The Kier molecular flexibility index (Phi) is 8.76. The lowest BCUT2D eigenvalue weighted by Gasteiger charge is -2.31. The van der Waals surface area contributed by atoms with E-state index in [1.54, 1.807) is 0 Å². The van der Waals surface area contributed by atoms with Crippen LogP contribution >= 0.6 is 11.3 Å². The van der Waals surface area contributed by atoms with Crippen LogP contribution in [0.25, 0.3) is 114 Å². The van der Waals surface area contributed by atoms with Gasteiger partial charge in [-0.05, 0) is 100 Å². The molecular formula is C64H40N2OS. The van der Waals surface area contributed by atoms with Crippen LogP contribution in [0.4, 0.5) is 17.1 Å². The highest BCUT2D eigenvalue weighted by Crippen LogP contribution is 2.51. The van der Waals surface area contributed by atoms with E-state index in [1.807, 2.05) is 11.3 Å². The van der Waals surface area contributed by atoms with Gasteiger partial charge in [-0.15, -0.1) is 11.3 Å². The van der Waals surface area contributed by atoms with E-state index in [2.05, 4.69) is 252 Å². The van der Waals surface area contributed by atoms with Crippen LogP contribution in [0.2, 0.25) is 0 Å². The smallest absolute Gasteiger partial charge is 0.145 e. The van der Waals surface area contributed by atoms with Crippen molar-refractivity contribution in [3.05, 3.63) is 243 Å². The van der Waals surface area contributed by atoms with Gasteiger partial charge in [-0.2, -0.15) is 0 Å². The molecular weight excluding hydrogens is 845 g/mol. The largest absolute Gasteiger partial charge is 0.455 e. The van der Waals surface area contributed by atoms with Gasteiger partial charge in [0, 0.05) is 58.5 Å². The summed E-state index contributed by atoms with van der Waals surface area (Å²) in [6.45, 7) is 0. The lowest BCUT2D eigenvalue weighted by molar-refractivity contribution is 0.670. The number of rotatable bonds is 7. The van der Waals surface area contributed by atoms with E-state index in [0.717, 1.165) is 83.5 Å². The molecule has 0 radical (unpaired) electrons. The molecule has 0 saturated heterocycles. The molecule has 0 spiro atoms. The number of aromatic nitrogens is 1. The van der Waals surface area contributed by atoms with Crippen molar-refractivity contribution in [2.75, 3.05) is 4.90 Å². The van der Waals surface area contributed by atoms with E-state index < -0.39 is 0 Å². The molecule has 0 amide bonds. The lowest BCUT2D eigenvalue weighted by atomic mass is 9.94. The quantitative estimate of drug-likeness (QED) is 0.159. The zero-order valence-corrected chi connectivity index (χ0v) is 37.6. The third kappa shape index (κ3) is 5.98. The fraction of sp³-hybridized carbons (Fsp3) is 0. The molecule has 0 aliphatic carbocycles. The molecule has 0 saturated carbocycles. The summed E-state index contributed by atoms with van der Waals surface area (Å²) in [6, 6.07) is 88.4. The van der Waals surface area contributed by atoms with Crippen molar-refractivity contribution in [1.29, 1.82) is 0 Å². The molecule has 3 aromatic heterocycles. The summed E-state index contributed by atoms with van der Waals surface area (Å²) < 4.78 is 12.2. The fourth-order valence-electron chi connectivity index (χ4n) is 10.8. The molecule has 318 valence electrons. The average Bonchev–Trinajstić information content (AvgIpc) is 4.08. The Morgan fingerprint density at radius 3 is 1.84 bits per heavy atom. The molecule has 0 N–H and O–H groups in total. The predicted octanol–water partition coefficient (Wildman–Crippen LogP) is 18.7. The Bertz CT molecular complexity index is 4240. The van der Waals surface area contributed by atoms with Gasteiger partial charge in [-0.3, -0.25) is 0 Å². The number of thiophene rings is 1. The van der Waals surface area contributed by atoms with Crippen LogP contribution in [0.5, 0.6) is 0 Å². The summed E-state index contributed by atoms with van der Waals surface area (Å²) in [5.74, 6) is 0. The fourth-order valence-corrected chi connectivity index (χ4v) is 11.9. The second-order valence-electron chi connectivity index (χ2n) is 17.6. The summed E-state index contributed by atoms with van der Waals surface area (Å²) in [7, 11) is 0. The van der Waals surface area contributed by atoms with Crippen molar-refractivity contribution >= 4 is 103 Å². The van der Waals surface area contributed by atoms with E-state index in [-0.39, 0.29) is 0 Å². The standard InChI is InChI=1S/C64H40N2OS/c1-2-21-45-41(17-1)18-16-28-46(45)42-19-15-20-44(39-42)65(55-29-9-3-22-47(55)43-35-38-62-54(40-43)51-26-8-14-34-61(51)68-62)59-37-36-52-50-25-7-13-33-60(50)67-64(52)63(59)53-27-6-12-32-58(53)66-56-30-10-4-23-48(56)49-24-5-11-31-57(49)66/h1-40H. The van der Waals surface area contributed by atoms with Crippen molar-refractivity contribution in [2.45, 2.75) is 0 Å². The SMILES string of the molecule is c1cc(-c2cccc3ccccc23)cc(N(c2ccccc2-c2ccc3sc4ccccc4c3c2)c2ccc3c(oc4ccccc43)c2-c2ccccc2-n2c3ccccc3c3ccccc32)c1. The van der Waals surface area contributed by atoms with Crippen LogP contribution in [0.3, 0.4) is 0 Å². The molecule has 14 rings (SSSR count). The highest BCUT2D eigenvalue weighted by Gasteiger charge is 2.27. The van der Waals surface area contributed by atoms with Crippen molar-refractivity contribution in [3.63, 3.8) is 0 Å². The summed E-state index contributed by atoms with van der Waals surface area (Å²) in [6.07, 6.45) is 0. The normalized spacial score (nSPS) is 11.8. The Hall–Kier alpha value is -8.70. The minimum Gasteiger partial charge on any atom is -0.455 e. The summed E-state index contributed by atoms with van der Waals surface area (Å²) >= 11 is 1.85. The zero-order chi connectivity index (χ0) is 44.7. The van der Waals surface area contributed by atoms with E-state index in [1.165, 1.54) is 47.3 Å². The maximum absolute atomic E-state index is 7.15. The van der Waals surface area contributed by atoms with Gasteiger partial charge >= 0.3 is 0 Å². The minimum atomic E-state index is 0.843. The first-order valence-corrected chi connectivity index (χ1v) is 24.0. The van der Waals surface area contributed by atoms with Crippen LogP contribution in [-0.4, -0.2) is 4.57 Å². The van der Waals surface area contributed by atoms with Gasteiger partial charge in [-0.1, -0.05) is 170 Å². The minimum absolute atomic E-state index is 0.843. The summed E-state index contributed by atoms with van der Waals surface area (Å²) in [5, 5.41) is 9.59. The van der Waals surface area contributed by atoms with Crippen LogP contribution in [0, 0.1) is 0 Å². The third-order valence-electron chi connectivity index (χ3n) is 13.8. The Balaban J connectivity index is 1.09. The monoisotopic (exact) mass is 884 g/mol. The number of benzene rings is 11. The van der Waals surface area contributed by atoms with Crippen LogP contribution in [-0.2, 0) is 0 Å². The maximum Gasteiger partial charge on any atom is 0.145 e. The zero-order valence-electron chi connectivity index (χ0n) is 36.8. The van der Waals surface area contributed by atoms with Gasteiger partial charge in [0.15, 0.2) is 0 Å². The first-order valence-electron chi connectivity index (χ1n) is 23.2. The Labute approximate surface area is 396 Å². The predicted molar refractivity (Wildman–Crippen MR) is 289 cm³/mol. The molecule has 0 bridgehead atoms. The second-order valence-corrected chi connectivity index (χ2v) is 18.6. The first kappa shape index (κ1) is 38.6. The van der Waals surface area contributed by atoms with Gasteiger partial charge < -0.3 is 13.9 Å². The van der Waals surface area contributed by atoms with Crippen molar-refractivity contribution in [1.82, 2.24) is 4.57 Å².